The van der Waals surface area contributed by atoms with E-state index in [2.05, 4.69) is 13.8 Å². The van der Waals surface area contributed by atoms with Crippen LogP contribution in [-0.2, 0) is 0 Å². The zero-order chi connectivity index (χ0) is 15.6. The minimum atomic E-state index is -0.0509. The Balaban J connectivity index is 0. The standard InChI is InChI=1S/2C6H14O.C6H6/c2*1-3-5-6(7)4-2;1-2-4-6-5-3-1/h2*6-7H,3-5H2,1-2H3;1-6H. The summed E-state index contributed by atoms with van der Waals surface area (Å²) >= 11 is 0. The average molecular weight is 282 g/mol. The van der Waals surface area contributed by atoms with E-state index in [0.29, 0.717) is 0 Å². The Morgan fingerprint density at radius 1 is 0.600 bits per heavy atom. The molecule has 0 fully saturated rings. The highest BCUT2D eigenvalue weighted by Gasteiger charge is 1.95. The maximum atomic E-state index is 8.86. The Labute approximate surface area is 125 Å². The summed E-state index contributed by atoms with van der Waals surface area (Å²) in [7, 11) is 0. The lowest BCUT2D eigenvalue weighted by atomic mass is 10.2. The van der Waals surface area contributed by atoms with Crippen LogP contribution in [0.3, 0.4) is 0 Å². The van der Waals surface area contributed by atoms with Gasteiger partial charge in [0.2, 0.25) is 0 Å². The second-order valence-corrected chi connectivity index (χ2v) is 4.86. The molecule has 20 heavy (non-hydrogen) atoms. The number of rotatable bonds is 6. The van der Waals surface area contributed by atoms with Gasteiger partial charge in [0, 0.05) is 0 Å². The molecule has 0 heterocycles. The first-order valence-electron chi connectivity index (χ1n) is 7.98. The highest BCUT2D eigenvalue weighted by molar-refractivity contribution is 4.99. The van der Waals surface area contributed by atoms with Crippen molar-refractivity contribution < 1.29 is 10.2 Å². The predicted octanol–water partition coefficient (Wildman–Crippen LogP) is 4.80. The normalized spacial score (nSPS) is 12.3. The molecule has 1 aromatic carbocycles. The summed E-state index contributed by atoms with van der Waals surface area (Å²) in [6, 6.07) is 12.0. The molecule has 0 saturated carbocycles. The average Bonchev–Trinajstić information content (AvgIpc) is 2.50. The molecule has 2 atom stereocenters. The molecule has 0 saturated heterocycles. The fraction of sp³-hybridized carbons (Fsp3) is 0.667. The molecule has 2 heteroatoms. The maximum Gasteiger partial charge on any atom is 0.0537 e. The lowest BCUT2D eigenvalue weighted by molar-refractivity contribution is 0.159. The molecule has 0 radical (unpaired) electrons. The summed E-state index contributed by atoms with van der Waals surface area (Å²) < 4.78 is 0. The summed E-state index contributed by atoms with van der Waals surface area (Å²) in [4.78, 5) is 0. The highest BCUT2D eigenvalue weighted by atomic mass is 16.3. The number of benzene rings is 1. The fourth-order valence-electron chi connectivity index (χ4n) is 1.46. The molecule has 0 aliphatic carbocycles. The van der Waals surface area contributed by atoms with Crippen LogP contribution in [0.25, 0.3) is 0 Å². The van der Waals surface area contributed by atoms with E-state index in [0.717, 1.165) is 38.5 Å². The largest absolute Gasteiger partial charge is 0.393 e. The molecular formula is C18H34O2. The van der Waals surface area contributed by atoms with Gasteiger partial charge in [0.05, 0.1) is 12.2 Å². The van der Waals surface area contributed by atoms with Gasteiger partial charge in [0.1, 0.15) is 0 Å². The van der Waals surface area contributed by atoms with E-state index in [1.165, 1.54) is 0 Å². The maximum absolute atomic E-state index is 8.86. The molecule has 0 spiro atoms. The van der Waals surface area contributed by atoms with Crippen LogP contribution in [-0.4, -0.2) is 22.4 Å². The van der Waals surface area contributed by atoms with Crippen molar-refractivity contribution in [1.82, 2.24) is 0 Å². The lowest BCUT2D eigenvalue weighted by Crippen LogP contribution is -2.01. The first-order chi connectivity index (χ1) is 9.62. The van der Waals surface area contributed by atoms with E-state index in [1.807, 2.05) is 50.2 Å². The third-order valence-electron chi connectivity index (χ3n) is 2.85. The van der Waals surface area contributed by atoms with E-state index in [4.69, 9.17) is 10.2 Å². The zero-order valence-electron chi connectivity index (χ0n) is 13.8. The van der Waals surface area contributed by atoms with Crippen molar-refractivity contribution >= 4 is 0 Å². The molecule has 0 bridgehead atoms. The van der Waals surface area contributed by atoms with E-state index >= 15 is 0 Å². The number of hydrogen-bond acceptors (Lipinski definition) is 2. The summed E-state index contributed by atoms with van der Waals surface area (Å²) in [5.74, 6) is 0. The number of aliphatic hydroxyl groups excluding tert-OH is 2. The minimum Gasteiger partial charge on any atom is -0.393 e. The summed E-state index contributed by atoms with van der Waals surface area (Å²) in [5, 5.41) is 17.7. The van der Waals surface area contributed by atoms with Gasteiger partial charge in [-0.3, -0.25) is 0 Å². The Morgan fingerprint density at radius 2 is 0.850 bits per heavy atom. The van der Waals surface area contributed by atoms with Gasteiger partial charge < -0.3 is 10.2 Å². The monoisotopic (exact) mass is 282 g/mol. The first-order valence-corrected chi connectivity index (χ1v) is 7.98. The van der Waals surface area contributed by atoms with Crippen LogP contribution in [0.2, 0.25) is 0 Å². The van der Waals surface area contributed by atoms with Gasteiger partial charge in [0.25, 0.3) is 0 Å². The van der Waals surface area contributed by atoms with Crippen molar-refractivity contribution in [1.29, 1.82) is 0 Å². The second kappa shape index (κ2) is 18.1. The van der Waals surface area contributed by atoms with Gasteiger partial charge in [-0.05, 0) is 25.7 Å². The molecule has 1 aromatic rings. The van der Waals surface area contributed by atoms with Crippen LogP contribution in [0, 0.1) is 0 Å². The van der Waals surface area contributed by atoms with Crippen molar-refractivity contribution in [3.63, 3.8) is 0 Å². The van der Waals surface area contributed by atoms with Gasteiger partial charge in [-0.25, -0.2) is 0 Å². The Morgan fingerprint density at radius 3 is 0.950 bits per heavy atom. The fourth-order valence-corrected chi connectivity index (χ4v) is 1.46. The van der Waals surface area contributed by atoms with Crippen molar-refractivity contribution in [3.05, 3.63) is 36.4 Å². The highest BCUT2D eigenvalue weighted by Crippen LogP contribution is 1.98. The van der Waals surface area contributed by atoms with Gasteiger partial charge in [-0.1, -0.05) is 76.9 Å². The molecule has 118 valence electrons. The SMILES string of the molecule is CCCC(O)CC.CCCC(O)CC.c1ccccc1. The van der Waals surface area contributed by atoms with E-state index in [-0.39, 0.29) is 12.2 Å². The van der Waals surface area contributed by atoms with E-state index in [9.17, 15) is 0 Å². The van der Waals surface area contributed by atoms with Crippen LogP contribution in [0.1, 0.15) is 66.2 Å². The minimum absolute atomic E-state index is 0.0509. The Bertz CT molecular complexity index is 210. The van der Waals surface area contributed by atoms with Crippen molar-refractivity contribution in [2.24, 2.45) is 0 Å². The van der Waals surface area contributed by atoms with Crippen LogP contribution < -0.4 is 0 Å². The number of aliphatic hydroxyl groups is 2. The smallest absolute Gasteiger partial charge is 0.0537 e. The van der Waals surface area contributed by atoms with Crippen LogP contribution in [0.5, 0.6) is 0 Å². The summed E-state index contributed by atoms with van der Waals surface area (Å²) in [5.41, 5.74) is 0. The van der Waals surface area contributed by atoms with Crippen LogP contribution >= 0.6 is 0 Å². The molecule has 0 aliphatic heterocycles. The molecule has 2 unspecified atom stereocenters. The van der Waals surface area contributed by atoms with E-state index < -0.39 is 0 Å². The summed E-state index contributed by atoms with van der Waals surface area (Å²) in [6.07, 6.45) is 5.79. The first kappa shape index (κ1) is 21.4. The van der Waals surface area contributed by atoms with Gasteiger partial charge in [-0.2, -0.15) is 0 Å². The third-order valence-corrected chi connectivity index (χ3v) is 2.85. The Kier molecular flexibility index (Phi) is 19.4. The zero-order valence-corrected chi connectivity index (χ0v) is 13.8. The second-order valence-electron chi connectivity index (χ2n) is 4.86. The van der Waals surface area contributed by atoms with Crippen molar-refractivity contribution in [2.75, 3.05) is 0 Å². The van der Waals surface area contributed by atoms with Crippen LogP contribution in [0.15, 0.2) is 36.4 Å². The lowest BCUT2D eigenvalue weighted by Gasteiger charge is -2.01. The van der Waals surface area contributed by atoms with Gasteiger partial charge in [-0.15, -0.1) is 0 Å². The molecule has 1 rings (SSSR count). The predicted molar refractivity (Wildman–Crippen MR) is 88.9 cm³/mol. The molecule has 0 amide bonds. The van der Waals surface area contributed by atoms with E-state index in [1.54, 1.807) is 0 Å². The molecular weight excluding hydrogens is 248 g/mol. The van der Waals surface area contributed by atoms with Gasteiger partial charge in [0.15, 0.2) is 0 Å². The molecule has 0 aromatic heterocycles. The van der Waals surface area contributed by atoms with Crippen LogP contribution in [0.4, 0.5) is 0 Å². The summed E-state index contributed by atoms with van der Waals surface area (Å²) in [6.45, 7) is 8.17. The quantitative estimate of drug-likeness (QED) is 0.786. The number of hydrogen-bond donors (Lipinski definition) is 2. The van der Waals surface area contributed by atoms with Gasteiger partial charge >= 0.3 is 0 Å². The van der Waals surface area contributed by atoms with Crippen molar-refractivity contribution in [3.8, 4) is 0 Å². The topological polar surface area (TPSA) is 40.5 Å². The molecule has 2 nitrogen and oxygen atoms in total. The molecule has 2 N–H and O–H groups in total. The Hall–Kier alpha value is -0.860. The van der Waals surface area contributed by atoms with Crippen molar-refractivity contribution in [2.45, 2.75) is 78.4 Å². The third kappa shape index (κ3) is 19.5. The molecule has 0 aliphatic rings.